The predicted octanol–water partition coefficient (Wildman–Crippen LogP) is 6.53. The van der Waals surface area contributed by atoms with Gasteiger partial charge in [0.25, 0.3) is 5.91 Å². The van der Waals surface area contributed by atoms with E-state index in [1.165, 1.54) is 0 Å². The van der Waals surface area contributed by atoms with Gasteiger partial charge in [0.1, 0.15) is 23.1 Å². The monoisotopic (exact) mass is 459 g/mol. The van der Waals surface area contributed by atoms with Crippen LogP contribution in [0.4, 0.5) is 5.69 Å². The van der Waals surface area contributed by atoms with E-state index in [9.17, 15) is 10.1 Å². The number of carbonyl (C=O) groups excluding carboxylic acids is 1. The second-order valence-electron chi connectivity index (χ2n) is 7.92. The Morgan fingerprint density at radius 1 is 0.743 bits per heavy atom. The van der Waals surface area contributed by atoms with E-state index in [2.05, 4.69) is 11.4 Å². The maximum absolute atomic E-state index is 12.9. The van der Waals surface area contributed by atoms with Crippen LogP contribution in [0.5, 0.6) is 11.5 Å². The fourth-order valence-electron chi connectivity index (χ4n) is 3.53. The van der Waals surface area contributed by atoms with Crippen molar-refractivity contribution >= 4 is 11.6 Å². The normalized spacial score (nSPS) is 10.8. The van der Waals surface area contributed by atoms with Crippen LogP contribution < -0.4 is 10.1 Å². The number of nitrogens with zero attached hydrogens (tertiary/aromatic N) is 2. The SMILES string of the molecule is N#C/C(=C/N(Cc1ccccc1)Cc1ccccc1)C(=O)Nc1ccc(Oc2ccccc2)cc1. The van der Waals surface area contributed by atoms with Crippen molar-refractivity contribution in [1.29, 1.82) is 5.26 Å². The van der Waals surface area contributed by atoms with E-state index in [4.69, 9.17) is 4.74 Å². The standard InChI is InChI=1S/C30H25N3O2/c31-20-26(23-33(21-24-10-4-1-5-11-24)22-25-12-6-2-7-13-25)30(34)32-27-16-18-29(19-17-27)35-28-14-8-3-9-15-28/h1-19,23H,21-22H2,(H,32,34)/b26-23-. The van der Waals surface area contributed by atoms with Gasteiger partial charge < -0.3 is 15.0 Å². The maximum atomic E-state index is 12.9. The number of carbonyl (C=O) groups is 1. The van der Waals surface area contributed by atoms with E-state index in [0.717, 1.165) is 16.9 Å². The zero-order chi connectivity index (χ0) is 24.3. The van der Waals surface area contributed by atoms with Crippen LogP contribution in [0.25, 0.3) is 0 Å². The third-order valence-electron chi connectivity index (χ3n) is 5.22. The number of hydrogen-bond donors (Lipinski definition) is 1. The molecule has 0 fully saturated rings. The smallest absolute Gasteiger partial charge is 0.267 e. The fraction of sp³-hybridized carbons (Fsp3) is 0.0667. The van der Waals surface area contributed by atoms with Gasteiger partial charge in [-0.2, -0.15) is 5.26 Å². The molecule has 4 rings (SSSR count). The van der Waals surface area contributed by atoms with Crippen LogP contribution in [0.1, 0.15) is 11.1 Å². The highest BCUT2D eigenvalue weighted by Gasteiger charge is 2.13. The second-order valence-corrected chi connectivity index (χ2v) is 7.92. The third kappa shape index (κ3) is 7.08. The predicted molar refractivity (Wildman–Crippen MR) is 137 cm³/mol. The molecule has 0 radical (unpaired) electrons. The summed E-state index contributed by atoms with van der Waals surface area (Å²) in [5.41, 5.74) is 2.79. The minimum atomic E-state index is -0.463. The van der Waals surface area contributed by atoms with Gasteiger partial charge in [0.15, 0.2) is 0 Å². The van der Waals surface area contributed by atoms with Crippen molar-refractivity contribution in [2.45, 2.75) is 13.1 Å². The summed E-state index contributed by atoms with van der Waals surface area (Å²) in [5, 5.41) is 12.5. The average Bonchev–Trinajstić information content (AvgIpc) is 2.90. The Balaban J connectivity index is 1.47. The van der Waals surface area contributed by atoms with Crippen molar-refractivity contribution < 1.29 is 9.53 Å². The molecule has 1 amide bonds. The Labute approximate surface area is 205 Å². The molecule has 0 aliphatic rings. The summed E-state index contributed by atoms with van der Waals surface area (Å²) in [6.07, 6.45) is 1.63. The molecule has 0 saturated carbocycles. The zero-order valence-electron chi connectivity index (χ0n) is 19.2. The van der Waals surface area contributed by atoms with Gasteiger partial charge in [-0.25, -0.2) is 0 Å². The molecule has 0 aliphatic carbocycles. The van der Waals surface area contributed by atoms with E-state index in [1.54, 1.807) is 30.5 Å². The number of ether oxygens (including phenoxy) is 1. The summed E-state index contributed by atoms with van der Waals surface area (Å²) in [4.78, 5) is 14.9. The molecule has 4 aromatic carbocycles. The van der Waals surface area contributed by atoms with E-state index in [-0.39, 0.29) is 5.57 Å². The van der Waals surface area contributed by atoms with Crippen molar-refractivity contribution in [3.05, 3.63) is 138 Å². The molecule has 0 atom stereocenters. The van der Waals surface area contributed by atoms with Crippen LogP contribution in [0.3, 0.4) is 0 Å². The van der Waals surface area contributed by atoms with Crippen molar-refractivity contribution in [2.24, 2.45) is 0 Å². The van der Waals surface area contributed by atoms with E-state index in [1.807, 2.05) is 95.9 Å². The number of hydrogen-bond acceptors (Lipinski definition) is 4. The highest BCUT2D eigenvalue weighted by molar-refractivity contribution is 6.06. The van der Waals surface area contributed by atoms with Gasteiger partial charge in [0.2, 0.25) is 0 Å². The molecule has 1 N–H and O–H groups in total. The molecule has 0 unspecified atom stereocenters. The Morgan fingerprint density at radius 2 is 1.23 bits per heavy atom. The van der Waals surface area contributed by atoms with Crippen molar-refractivity contribution in [1.82, 2.24) is 4.90 Å². The highest BCUT2D eigenvalue weighted by Crippen LogP contribution is 2.23. The van der Waals surface area contributed by atoms with Gasteiger partial charge in [-0.05, 0) is 47.5 Å². The molecule has 35 heavy (non-hydrogen) atoms. The lowest BCUT2D eigenvalue weighted by atomic mass is 10.1. The van der Waals surface area contributed by atoms with Gasteiger partial charge >= 0.3 is 0 Å². The Kier molecular flexibility index (Phi) is 7.92. The Bertz CT molecular complexity index is 1260. The number of nitrogens with one attached hydrogen (secondary N) is 1. The molecule has 0 saturated heterocycles. The largest absolute Gasteiger partial charge is 0.457 e. The first-order valence-electron chi connectivity index (χ1n) is 11.3. The number of rotatable bonds is 9. The first-order valence-corrected chi connectivity index (χ1v) is 11.3. The topological polar surface area (TPSA) is 65.4 Å². The first kappa shape index (κ1) is 23.3. The lowest BCUT2D eigenvalue weighted by Crippen LogP contribution is -2.21. The van der Waals surface area contributed by atoms with Crippen LogP contribution in [0.15, 0.2) is 127 Å². The average molecular weight is 460 g/mol. The van der Waals surface area contributed by atoms with Gasteiger partial charge in [-0.3, -0.25) is 4.79 Å². The number of benzene rings is 4. The van der Waals surface area contributed by atoms with Crippen LogP contribution in [-0.2, 0) is 17.9 Å². The van der Waals surface area contributed by atoms with Crippen LogP contribution in [0.2, 0.25) is 0 Å². The second kappa shape index (κ2) is 11.9. The third-order valence-corrected chi connectivity index (χ3v) is 5.22. The lowest BCUT2D eigenvalue weighted by molar-refractivity contribution is -0.112. The van der Waals surface area contributed by atoms with Crippen molar-refractivity contribution in [2.75, 3.05) is 5.32 Å². The van der Waals surface area contributed by atoms with Gasteiger partial charge in [0, 0.05) is 25.0 Å². The molecular formula is C30H25N3O2. The minimum Gasteiger partial charge on any atom is -0.457 e. The molecule has 0 spiro atoms. The molecule has 5 heteroatoms. The summed E-state index contributed by atoms with van der Waals surface area (Å²) < 4.78 is 5.79. The van der Waals surface area contributed by atoms with Gasteiger partial charge in [-0.1, -0.05) is 78.9 Å². The molecule has 5 nitrogen and oxygen atoms in total. The molecule has 172 valence electrons. The summed E-state index contributed by atoms with van der Waals surface area (Å²) in [6.45, 7) is 1.14. The van der Waals surface area contributed by atoms with E-state index < -0.39 is 5.91 Å². The maximum Gasteiger partial charge on any atom is 0.267 e. The summed E-state index contributed by atoms with van der Waals surface area (Å²) in [5.74, 6) is 0.924. The first-order chi connectivity index (χ1) is 17.2. The number of anilines is 1. The summed E-state index contributed by atoms with van der Waals surface area (Å²) in [6, 6.07) is 38.5. The quantitative estimate of drug-likeness (QED) is 0.228. The van der Waals surface area contributed by atoms with Gasteiger partial charge in [0.05, 0.1) is 0 Å². The highest BCUT2D eigenvalue weighted by atomic mass is 16.5. The van der Waals surface area contributed by atoms with Crippen LogP contribution in [0, 0.1) is 11.3 Å². The molecule has 0 aliphatic heterocycles. The molecule has 0 heterocycles. The fourth-order valence-corrected chi connectivity index (χ4v) is 3.53. The van der Waals surface area contributed by atoms with Crippen LogP contribution >= 0.6 is 0 Å². The summed E-state index contributed by atoms with van der Waals surface area (Å²) in [7, 11) is 0. The Hall–Kier alpha value is -4.82. The lowest BCUT2D eigenvalue weighted by Gasteiger charge is -2.21. The van der Waals surface area contributed by atoms with E-state index >= 15 is 0 Å². The number of amides is 1. The van der Waals surface area contributed by atoms with Gasteiger partial charge in [-0.15, -0.1) is 0 Å². The molecule has 4 aromatic rings. The van der Waals surface area contributed by atoms with Crippen LogP contribution in [-0.4, -0.2) is 10.8 Å². The Morgan fingerprint density at radius 3 is 1.74 bits per heavy atom. The number of nitriles is 1. The van der Waals surface area contributed by atoms with Crippen molar-refractivity contribution in [3.63, 3.8) is 0 Å². The zero-order valence-corrected chi connectivity index (χ0v) is 19.2. The van der Waals surface area contributed by atoms with Crippen molar-refractivity contribution in [3.8, 4) is 17.6 Å². The number of para-hydroxylation sites is 1. The molecule has 0 aromatic heterocycles. The minimum absolute atomic E-state index is 0.0291. The molecular weight excluding hydrogens is 434 g/mol. The molecule has 0 bridgehead atoms. The van der Waals surface area contributed by atoms with E-state index in [0.29, 0.717) is 24.5 Å². The summed E-state index contributed by atoms with van der Waals surface area (Å²) >= 11 is 0.